The molecule has 3 rings (SSSR count). The number of halogens is 1. The molecule has 1 aromatic rings. The SMILES string of the molecule is O=C(NCC1CCCC1CCl)C1Cc2ccccc2S1. The van der Waals surface area contributed by atoms with E-state index in [1.165, 1.54) is 29.7 Å². The van der Waals surface area contributed by atoms with Crippen molar-refractivity contribution in [1.82, 2.24) is 5.32 Å². The zero-order valence-electron chi connectivity index (χ0n) is 11.5. The Balaban J connectivity index is 1.51. The van der Waals surface area contributed by atoms with E-state index in [0.717, 1.165) is 18.8 Å². The molecule has 1 aliphatic carbocycles. The third-order valence-electron chi connectivity index (χ3n) is 4.49. The van der Waals surface area contributed by atoms with Gasteiger partial charge in [0.05, 0.1) is 5.25 Å². The number of nitrogens with one attached hydrogen (secondary N) is 1. The fourth-order valence-electron chi connectivity index (χ4n) is 3.26. The zero-order chi connectivity index (χ0) is 13.9. The predicted molar refractivity (Wildman–Crippen MR) is 84.4 cm³/mol. The Morgan fingerprint density at radius 1 is 1.30 bits per heavy atom. The lowest BCUT2D eigenvalue weighted by Crippen LogP contribution is -2.37. The fourth-order valence-corrected chi connectivity index (χ4v) is 4.89. The third kappa shape index (κ3) is 2.99. The molecule has 1 amide bonds. The van der Waals surface area contributed by atoms with Crippen LogP contribution in [-0.2, 0) is 11.2 Å². The second-order valence-electron chi connectivity index (χ2n) is 5.77. The average molecular weight is 310 g/mol. The van der Waals surface area contributed by atoms with Crippen molar-refractivity contribution in [1.29, 1.82) is 0 Å². The molecule has 1 fully saturated rings. The van der Waals surface area contributed by atoms with Gasteiger partial charge in [0.1, 0.15) is 0 Å². The summed E-state index contributed by atoms with van der Waals surface area (Å²) < 4.78 is 0. The highest BCUT2D eigenvalue weighted by molar-refractivity contribution is 8.01. The van der Waals surface area contributed by atoms with E-state index in [0.29, 0.717) is 11.8 Å². The minimum absolute atomic E-state index is 0.0447. The fraction of sp³-hybridized carbons (Fsp3) is 0.562. The highest BCUT2D eigenvalue weighted by atomic mass is 35.5. The lowest BCUT2D eigenvalue weighted by molar-refractivity contribution is -0.120. The summed E-state index contributed by atoms with van der Waals surface area (Å²) in [6, 6.07) is 8.31. The molecule has 4 heteroatoms. The largest absolute Gasteiger partial charge is 0.355 e. The summed E-state index contributed by atoms with van der Waals surface area (Å²) in [4.78, 5) is 13.6. The molecule has 0 saturated heterocycles. The molecule has 3 unspecified atom stereocenters. The van der Waals surface area contributed by atoms with Gasteiger partial charge < -0.3 is 5.32 Å². The zero-order valence-corrected chi connectivity index (χ0v) is 13.1. The minimum atomic E-state index is 0.0447. The molecule has 108 valence electrons. The van der Waals surface area contributed by atoms with Crippen molar-refractivity contribution in [2.24, 2.45) is 11.8 Å². The molecule has 0 radical (unpaired) electrons. The average Bonchev–Trinajstić information content (AvgIpc) is 3.10. The van der Waals surface area contributed by atoms with Gasteiger partial charge in [-0.25, -0.2) is 0 Å². The predicted octanol–water partition coefficient (Wildman–Crippen LogP) is 3.47. The van der Waals surface area contributed by atoms with Crippen LogP contribution >= 0.6 is 23.4 Å². The Morgan fingerprint density at radius 2 is 2.10 bits per heavy atom. The van der Waals surface area contributed by atoms with Crippen LogP contribution < -0.4 is 5.32 Å². The third-order valence-corrected chi connectivity index (χ3v) is 6.21. The lowest BCUT2D eigenvalue weighted by Gasteiger charge is -2.18. The molecule has 3 atom stereocenters. The van der Waals surface area contributed by atoms with Crippen LogP contribution in [0.3, 0.4) is 0 Å². The number of hydrogen-bond donors (Lipinski definition) is 1. The summed E-state index contributed by atoms with van der Waals surface area (Å²) >= 11 is 7.68. The van der Waals surface area contributed by atoms with Crippen LogP contribution in [0.5, 0.6) is 0 Å². The lowest BCUT2D eigenvalue weighted by atomic mass is 9.98. The van der Waals surface area contributed by atoms with E-state index in [2.05, 4.69) is 17.4 Å². The van der Waals surface area contributed by atoms with E-state index in [9.17, 15) is 4.79 Å². The van der Waals surface area contributed by atoms with Gasteiger partial charge in [-0.1, -0.05) is 24.6 Å². The van der Waals surface area contributed by atoms with Crippen molar-refractivity contribution in [3.8, 4) is 0 Å². The molecule has 1 aliphatic heterocycles. The summed E-state index contributed by atoms with van der Waals surface area (Å²) in [5, 5.41) is 3.19. The highest BCUT2D eigenvalue weighted by Gasteiger charge is 2.30. The Labute approximate surface area is 129 Å². The number of amides is 1. The number of carbonyl (C=O) groups is 1. The van der Waals surface area contributed by atoms with Crippen molar-refractivity contribution in [2.75, 3.05) is 12.4 Å². The van der Waals surface area contributed by atoms with Gasteiger partial charge in [0.25, 0.3) is 0 Å². The summed E-state index contributed by atoms with van der Waals surface area (Å²) in [5.74, 6) is 2.08. The molecular weight excluding hydrogens is 290 g/mol. The van der Waals surface area contributed by atoms with Gasteiger partial charge in [0, 0.05) is 17.3 Å². The van der Waals surface area contributed by atoms with Crippen LogP contribution in [0.2, 0.25) is 0 Å². The van der Waals surface area contributed by atoms with Crippen LogP contribution in [0.25, 0.3) is 0 Å². The maximum absolute atomic E-state index is 12.3. The van der Waals surface area contributed by atoms with Crippen molar-refractivity contribution in [2.45, 2.75) is 35.8 Å². The monoisotopic (exact) mass is 309 g/mol. The molecule has 1 aromatic carbocycles. The van der Waals surface area contributed by atoms with E-state index in [-0.39, 0.29) is 11.2 Å². The van der Waals surface area contributed by atoms with E-state index in [1.54, 1.807) is 11.8 Å². The van der Waals surface area contributed by atoms with E-state index in [1.807, 2.05) is 12.1 Å². The second-order valence-corrected chi connectivity index (χ2v) is 7.32. The summed E-state index contributed by atoms with van der Waals surface area (Å²) in [6.07, 6.45) is 4.53. The van der Waals surface area contributed by atoms with Gasteiger partial charge in [0.15, 0.2) is 0 Å². The van der Waals surface area contributed by atoms with Crippen LogP contribution in [0, 0.1) is 11.8 Å². The van der Waals surface area contributed by atoms with Gasteiger partial charge in [-0.15, -0.1) is 23.4 Å². The number of thioether (sulfide) groups is 1. The van der Waals surface area contributed by atoms with Crippen LogP contribution in [0.1, 0.15) is 24.8 Å². The van der Waals surface area contributed by atoms with Crippen molar-refractivity contribution in [3.05, 3.63) is 29.8 Å². The van der Waals surface area contributed by atoms with Crippen LogP contribution in [-0.4, -0.2) is 23.6 Å². The Morgan fingerprint density at radius 3 is 2.90 bits per heavy atom. The van der Waals surface area contributed by atoms with Crippen LogP contribution in [0.15, 0.2) is 29.2 Å². The number of fused-ring (bicyclic) bond motifs is 1. The quantitative estimate of drug-likeness (QED) is 0.863. The molecule has 1 heterocycles. The Kier molecular flexibility index (Phi) is 4.57. The van der Waals surface area contributed by atoms with E-state index >= 15 is 0 Å². The van der Waals surface area contributed by atoms with Gasteiger partial charge in [-0.2, -0.15) is 0 Å². The first-order valence-electron chi connectivity index (χ1n) is 7.36. The Bertz CT molecular complexity index is 468. The number of hydrogen-bond acceptors (Lipinski definition) is 2. The van der Waals surface area contributed by atoms with Crippen molar-refractivity contribution >= 4 is 29.3 Å². The summed E-state index contributed by atoms with van der Waals surface area (Å²) in [5.41, 5.74) is 1.30. The van der Waals surface area contributed by atoms with E-state index < -0.39 is 0 Å². The second kappa shape index (κ2) is 6.40. The molecule has 20 heavy (non-hydrogen) atoms. The normalized spacial score (nSPS) is 28.4. The Hall–Kier alpha value is -0.670. The standard InChI is InChI=1S/C16H20ClNOS/c17-9-12-5-3-6-13(12)10-18-16(19)15-8-11-4-1-2-7-14(11)20-15/h1-2,4,7,12-13,15H,3,5-6,8-10H2,(H,18,19). The number of rotatable bonds is 4. The maximum Gasteiger partial charge on any atom is 0.233 e. The molecule has 0 bridgehead atoms. The molecule has 2 nitrogen and oxygen atoms in total. The first kappa shape index (κ1) is 14.3. The summed E-state index contributed by atoms with van der Waals surface area (Å²) in [6.45, 7) is 0.795. The molecular formula is C16H20ClNOS. The van der Waals surface area contributed by atoms with Crippen molar-refractivity contribution in [3.63, 3.8) is 0 Å². The smallest absolute Gasteiger partial charge is 0.233 e. The minimum Gasteiger partial charge on any atom is -0.355 e. The van der Waals surface area contributed by atoms with Crippen molar-refractivity contribution < 1.29 is 4.79 Å². The van der Waals surface area contributed by atoms with Gasteiger partial charge in [-0.3, -0.25) is 4.79 Å². The number of carbonyl (C=O) groups excluding carboxylic acids is 1. The molecule has 1 N–H and O–H groups in total. The molecule has 2 aliphatic rings. The maximum atomic E-state index is 12.3. The molecule has 1 saturated carbocycles. The van der Waals surface area contributed by atoms with Gasteiger partial charge >= 0.3 is 0 Å². The first-order chi connectivity index (χ1) is 9.78. The molecule has 0 aromatic heterocycles. The topological polar surface area (TPSA) is 29.1 Å². The van der Waals surface area contributed by atoms with Crippen LogP contribution in [0.4, 0.5) is 0 Å². The number of benzene rings is 1. The summed E-state index contributed by atoms with van der Waals surface area (Å²) in [7, 11) is 0. The van der Waals surface area contributed by atoms with Gasteiger partial charge in [-0.05, 0) is 42.7 Å². The van der Waals surface area contributed by atoms with E-state index in [4.69, 9.17) is 11.6 Å². The highest BCUT2D eigenvalue weighted by Crippen LogP contribution is 2.37. The molecule has 0 spiro atoms. The van der Waals surface area contributed by atoms with Gasteiger partial charge in [0.2, 0.25) is 5.91 Å². The number of alkyl halides is 1. The first-order valence-corrected chi connectivity index (χ1v) is 8.77.